The highest BCUT2D eigenvalue weighted by atomic mass is 16.4. The van der Waals surface area contributed by atoms with Crippen molar-refractivity contribution in [3.8, 4) is 0 Å². The molecule has 0 heterocycles. The summed E-state index contributed by atoms with van der Waals surface area (Å²) in [6, 6.07) is 15.1. The first-order valence-electron chi connectivity index (χ1n) is 6.80. The zero-order chi connectivity index (χ0) is 15.2. The standard InChI is InChI=1S/C17H18N2O2/c1-3-13-6-10-15(11-7-13)17(19-21)16(18-20)14-8-4-12(2)5-9-14/h4-11,20-21H,3H2,1-2H3. The Hall–Kier alpha value is -2.62. The van der Waals surface area contributed by atoms with Crippen LogP contribution in [0.15, 0.2) is 58.8 Å². The van der Waals surface area contributed by atoms with Crippen molar-refractivity contribution in [2.75, 3.05) is 0 Å². The van der Waals surface area contributed by atoms with Gasteiger partial charge in [0.2, 0.25) is 0 Å². The van der Waals surface area contributed by atoms with Crippen LogP contribution in [0.5, 0.6) is 0 Å². The number of hydrogen-bond acceptors (Lipinski definition) is 4. The molecule has 0 spiro atoms. The summed E-state index contributed by atoms with van der Waals surface area (Å²) in [6.07, 6.45) is 0.935. The Balaban J connectivity index is 2.40. The average Bonchev–Trinajstić information content (AvgIpc) is 2.54. The van der Waals surface area contributed by atoms with Gasteiger partial charge in [0.1, 0.15) is 11.4 Å². The molecule has 4 nitrogen and oxygen atoms in total. The van der Waals surface area contributed by atoms with Crippen LogP contribution in [0.3, 0.4) is 0 Å². The quantitative estimate of drug-likeness (QED) is 0.511. The Morgan fingerprint density at radius 1 is 0.810 bits per heavy atom. The molecule has 0 bridgehead atoms. The van der Waals surface area contributed by atoms with Gasteiger partial charge in [-0.1, -0.05) is 71.3 Å². The van der Waals surface area contributed by atoms with E-state index in [-0.39, 0.29) is 11.4 Å². The number of benzene rings is 2. The van der Waals surface area contributed by atoms with Gasteiger partial charge in [0, 0.05) is 11.1 Å². The molecule has 0 aromatic heterocycles. The van der Waals surface area contributed by atoms with Crippen molar-refractivity contribution < 1.29 is 10.4 Å². The summed E-state index contributed by atoms with van der Waals surface area (Å²) in [5.74, 6) is 0. The summed E-state index contributed by atoms with van der Waals surface area (Å²) in [5, 5.41) is 25.2. The third kappa shape index (κ3) is 3.28. The second-order valence-electron chi connectivity index (χ2n) is 4.81. The van der Waals surface area contributed by atoms with Crippen molar-refractivity contribution in [3.05, 3.63) is 70.8 Å². The molecule has 4 heteroatoms. The van der Waals surface area contributed by atoms with Crippen LogP contribution in [-0.4, -0.2) is 21.8 Å². The van der Waals surface area contributed by atoms with E-state index >= 15 is 0 Å². The Morgan fingerprint density at radius 2 is 1.24 bits per heavy atom. The molecule has 0 aliphatic rings. The number of nitrogens with zero attached hydrogens (tertiary/aromatic N) is 2. The zero-order valence-electron chi connectivity index (χ0n) is 12.1. The largest absolute Gasteiger partial charge is 0.410 e. The molecule has 0 saturated heterocycles. The van der Waals surface area contributed by atoms with E-state index in [0.29, 0.717) is 11.1 Å². The van der Waals surface area contributed by atoms with E-state index in [9.17, 15) is 10.4 Å². The molecule has 21 heavy (non-hydrogen) atoms. The summed E-state index contributed by atoms with van der Waals surface area (Å²) >= 11 is 0. The number of hydrogen-bond donors (Lipinski definition) is 2. The lowest BCUT2D eigenvalue weighted by Crippen LogP contribution is -2.17. The van der Waals surface area contributed by atoms with Gasteiger partial charge in [0.05, 0.1) is 0 Å². The van der Waals surface area contributed by atoms with Crippen LogP contribution in [0.1, 0.15) is 29.2 Å². The van der Waals surface area contributed by atoms with E-state index in [1.807, 2.05) is 55.5 Å². The van der Waals surface area contributed by atoms with Gasteiger partial charge >= 0.3 is 0 Å². The maximum atomic E-state index is 9.32. The molecular formula is C17H18N2O2. The molecule has 0 aliphatic carbocycles. The van der Waals surface area contributed by atoms with Crippen LogP contribution in [0, 0.1) is 6.92 Å². The van der Waals surface area contributed by atoms with Gasteiger partial charge < -0.3 is 10.4 Å². The molecule has 0 radical (unpaired) electrons. The molecular weight excluding hydrogens is 264 g/mol. The molecule has 0 fully saturated rings. The minimum Gasteiger partial charge on any atom is -0.410 e. The van der Waals surface area contributed by atoms with Gasteiger partial charge in [-0.3, -0.25) is 0 Å². The highest BCUT2D eigenvalue weighted by Crippen LogP contribution is 2.13. The van der Waals surface area contributed by atoms with Gasteiger partial charge in [-0.05, 0) is 18.9 Å². The van der Waals surface area contributed by atoms with Crippen LogP contribution < -0.4 is 0 Å². The first kappa shape index (κ1) is 14.8. The Labute approximate surface area is 124 Å². The predicted molar refractivity (Wildman–Crippen MR) is 83.6 cm³/mol. The lowest BCUT2D eigenvalue weighted by molar-refractivity contribution is 0.314. The van der Waals surface area contributed by atoms with E-state index in [1.54, 1.807) is 0 Å². The Kier molecular flexibility index (Phi) is 4.72. The molecule has 0 atom stereocenters. The van der Waals surface area contributed by atoms with Gasteiger partial charge in [0.25, 0.3) is 0 Å². The lowest BCUT2D eigenvalue weighted by atomic mass is 9.98. The topological polar surface area (TPSA) is 65.2 Å². The molecule has 0 amide bonds. The minimum atomic E-state index is 0.238. The normalized spacial score (nSPS) is 12.5. The monoisotopic (exact) mass is 282 g/mol. The second kappa shape index (κ2) is 6.70. The van der Waals surface area contributed by atoms with Gasteiger partial charge in [-0.15, -0.1) is 0 Å². The SMILES string of the molecule is CCc1ccc(C(=NO)C(=NO)c2ccc(C)cc2)cc1. The van der Waals surface area contributed by atoms with Crippen molar-refractivity contribution in [2.24, 2.45) is 10.3 Å². The number of aryl methyl sites for hydroxylation is 2. The van der Waals surface area contributed by atoms with E-state index < -0.39 is 0 Å². The van der Waals surface area contributed by atoms with Crippen molar-refractivity contribution in [3.63, 3.8) is 0 Å². The number of oxime groups is 2. The third-order valence-corrected chi connectivity index (χ3v) is 3.38. The van der Waals surface area contributed by atoms with Gasteiger partial charge in [-0.2, -0.15) is 0 Å². The summed E-state index contributed by atoms with van der Waals surface area (Å²) in [7, 11) is 0. The fraction of sp³-hybridized carbons (Fsp3) is 0.176. The smallest absolute Gasteiger partial charge is 0.139 e. The van der Waals surface area contributed by atoms with Crippen LogP contribution in [0.4, 0.5) is 0 Å². The Morgan fingerprint density at radius 3 is 1.62 bits per heavy atom. The average molecular weight is 282 g/mol. The van der Waals surface area contributed by atoms with Gasteiger partial charge in [-0.25, -0.2) is 0 Å². The summed E-state index contributed by atoms with van der Waals surface area (Å²) in [4.78, 5) is 0. The fourth-order valence-corrected chi connectivity index (χ4v) is 2.09. The minimum absolute atomic E-state index is 0.238. The molecule has 2 aromatic rings. The van der Waals surface area contributed by atoms with E-state index in [4.69, 9.17) is 0 Å². The highest BCUT2D eigenvalue weighted by molar-refractivity contribution is 6.53. The van der Waals surface area contributed by atoms with Gasteiger partial charge in [0.15, 0.2) is 0 Å². The molecule has 0 aliphatic heterocycles. The third-order valence-electron chi connectivity index (χ3n) is 3.38. The lowest BCUT2D eigenvalue weighted by Gasteiger charge is -2.08. The summed E-state index contributed by atoms with van der Waals surface area (Å²) in [6.45, 7) is 4.05. The second-order valence-corrected chi connectivity index (χ2v) is 4.81. The van der Waals surface area contributed by atoms with Crippen LogP contribution in [-0.2, 0) is 6.42 Å². The molecule has 2 rings (SSSR count). The summed E-state index contributed by atoms with van der Waals surface area (Å²) in [5.41, 5.74) is 4.16. The van der Waals surface area contributed by atoms with Crippen molar-refractivity contribution in [1.82, 2.24) is 0 Å². The molecule has 108 valence electrons. The number of rotatable bonds is 4. The van der Waals surface area contributed by atoms with Crippen molar-refractivity contribution in [2.45, 2.75) is 20.3 Å². The van der Waals surface area contributed by atoms with Crippen LogP contribution >= 0.6 is 0 Å². The van der Waals surface area contributed by atoms with Crippen LogP contribution in [0.25, 0.3) is 0 Å². The van der Waals surface area contributed by atoms with E-state index in [2.05, 4.69) is 17.2 Å². The van der Waals surface area contributed by atoms with Crippen molar-refractivity contribution >= 4 is 11.4 Å². The Bertz CT molecular complexity index is 656. The molecule has 2 N–H and O–H groups in total. The first-order chi connectivity index (χ1) is 10.2. The van der Waals surface area contributed by atoms with Crippen LogP contribution in [0.2, 0.25) is 0 Å². The maximum absolute atomic E-state index is 9.32. The molecule has 0 unspecified atom stereocenters. The first-order valence-corrected chi connectivity index (χ1v) is 6.80. The highest BCUT2D eigenvalue weighted by Gasteiger charge is 2.15. The fourth-order valence-electron chi connectivity index (χ4n) is 2.09. The zero-order valence-corrected chi connectivity index (χ0v) is 12.1. The summed E-state index contributed by atoms with van der Waals surface area (Å²) < 4.78 is 0. The van der Waals surface area contributed by atoms with E-state index in [0.717, 1.165) is 12.0 Å². The molecule has 0 saturated carbocycles. The predicted octanol–water partition coefficient (Wildman–Crippen LogP) is 3.61. The molecule has 2 aromatic carbocycles. The maximum Gasteiger partial charge on any atom is 0.139 e. The van der Waals surface area contributed by atoms with Crippen molar-refractivity contribution in [1.29, 1.82) is 0 Å². The van der Waals surface area contributed by atoms with E-state index in [1.165, 1.54) is 5.56 Å².